The zero-order valence-corrected chi connectivity index (χ0v) is 12.5. The largest absolute Gasteiger partial charge is 0.497 e. The molecule has 2 fully saturated rings. The number of hydrogen-bond donors (Lipinski definition) is 1. The number of likely N-dealkylation sites (tertiary alicyclic amines) is 1. The van der Waals surface area contributed by atoms with Gasteiger partial charge in [-0.25, -0.2) is 0 Å². The molecule has 1 aliphatic carbocycles. The Labute approximate surface area is 121 Å². The van der Waals surface area contributed by atoms with Gasteiger partial charge in [-0.2, -0.15) is 0 Å². The van der Waals surface area contributed by atoms with Crippen LogP contribution in [-0.2, 0) is 6.42 Å². The van der Waals surface area contributed by atoms with Crippen LogP contribution in [-0.4, -0.2) is 42.4 Å². The molecule has 0 unspecified atom stereocenters. The highest BCUT2D eigenvalue weighted by Gasteiger charge is 2.47. The summed E-state index contributed by atoms with van der Waals surface area (Å²) in [5.74, 6) is 2.26. The van der Waals surface area contributed by atoms with Crippen molar-refractivity contribution < 1.29 is 9.84 Å². The first-order valence-corrected chi connectivity index (χ1v) is 7.69. The normalized spacial score (nSPS) is 33.4. The fraction of sp³-hybridized carbons (Fsp3) is 0.647. The lowest BCUT2D eigenvalue weighted by atomic mass is 9.91. The summed E-state index contributed by atoms with van der Waals surface area (Å²) in [6, 6.07) is 8.10. The highest BCUT2D eigenvalue weighted by atomic mass is 16.5. The zero-order valence-electron chi connectivity index (χ0n) is 12.5. The highest BCUT2D eigenvalue weighted by molar-refractivity contribution is 5.28. The summed E-state index contributed by atoms with van der Waals surface area (Å²) >= 11 is 0. The molecule has 3 rings (SSSR count). The molecule has 0 amide bonds. The predicted octanol–water partition coefficient (Wildman–Crippen LogP) is 2.33. The molecule has 20 heavy (non-hydrogen) atoms. The lowest BCUT2D eigenvalue weighted by molar-refractivity contribution is 0.0357. The van der Waals surface area contributed by atoms with E-state index in [0.717, 1.165) is 31.6 Å². The number of hydrogen-bond acceptors (Lipinski definition) is 3. The van der Waals surface area contributed by atoms with E-state index in [9.17, 15) is 5.11 Å². The van der Waals surface area contributed by atoms with Gasteiger partial charge < -0.3 is 14.7 Å². The summed E-state index contributed by atoms with van der Waals surface area (Å²) in [5, 5.41) is 10.9. The van der Waals surface area contributed by atoms with E-state index in [2.05, 4.69) is 24.0 Å². The Bertz CT molecular complexity index is 443. The van der Waals surface area contributed by atoms with Gasteiger partial charge in [0.2, 0.25) is 0 Å². The number of benzene rings is 1. The fourth-order valence-corrected chi connectivity index (χ4v) is 4.08. The second kappa shape index (κ2) is 5.38. The number of fused-ring (bicyclic) bond motifs is 1. The third kappa shape index (κ3) is 2.70. The van der Waals surface area contributed by atoms with E-state index in [4.69, 9.17) is 4.74 Å². The quantitative estimate of drug-likeness (QED) is 0.915. The van der Waals surface area contributed by atoms with Crippen LogP contribution in [0.5, 0.6) is 5.75 Å². The molecule has 1 aromatic rings. The van der Waals surface area contributed by atoms with Gasteiger partial charge in [-0.05, 0) is 48.9 Å². The van der Waals surface area contributed by atoms with Crippen molar-refractivity contribution in [1.29, 1.82) is 0 Å². The molecule has 1 aliphatic heterocycles. The summed E-state index contributed by atoms with van der Waals surface area (Å²) < 4.78 is 5.18. The van der Waals surface area contributed by atoms with Gasteiger partial charge in [-0.1, -0.05) is 19.1 Å². The second-order valence-electron chi connectivity index (χ2n) is 6.53. The minimum Gasteiger partial charge on any atom is -0.497 e. The minimum absolute atomic E-state index is 0.496. The number of nitrogens with zero attached hydrogens (tertiary/aromatic N) is 1. The lowest BCUT2D eigenvalue weighted by Crippen LogP contribution is -2.32. The number of methoxy groups -OCH3 is 1. The lowest BCUT2D eigenvalue weighted by Gasteiger charge is -2.25. The Balaban J connectivity index is 1.63. The molecule has 3 atom stereocenters. The molecule has 0 aromatic heterocycles. The van der Waals surface area contributed by atoms with Crippen LogP contribution in [0.3, 0.4) is 0 Å². The first kappa shape index (κ1) is 13.9. The highest BCUT2D eigenvalue weighted by Crippen LogP contribution is 2.45. The summed E-state index contributed by atoms with van der Waals surface area (Å²) in [4.78, 5) is 2.52. The molecule has 1 saturated carbocycles. The molecule has 1 aromatic carbocycles. The maximum Gasteiger partial charge on any atom is 0.118 e. The SMILES string of the molecule is CCN1C[C@@H]2C[C@@](O)(Cc3ccc(OC)cc3)C[C@@H]2C1. The van der Waals surface area contributed by atoms with E-state index in [-0.39, 0.29) is 0 Å². The smallest absolute Gasteiger partial charge is 0.118 e. The molecule has 0 bridgehead atoms. The van der Waals surface area contributed by atoms with Crippen LogP contribution >= 0.6 is 0 Å². The van der Waals surface area contributed by atoms with Crippen LogP contribution in [0, 0.1) is 11.8 Å². The second-order valence-corrected chi connectivity index (χ2v) is 6.53. The van der Waals surface area contributed by atoms with Crippen LogP contribution in [0.1, 0.15) is 25.3 Å². The van der Waals surface area contributed by atoms with E-state index in [0.29, 0.717) is 11.8 Å². The van der Waals surface area contributed by atoms with Crippen LogP contribution in [0.15, 0.2) is 24.3 Å². The standard InChI is InChI=1S/C17H25NO2/c1-3-18-11-14-9-17(19,10-15(14)12-18)8-13-4-6-16(20-2)7-5-13/h4-7,14-15,19H,3,8-12H2,1-2H3/t14-,15+,17-. The Morgan fingerprint density at radius 2 is 1.80 bits per heavy atom. The molecule has 0 radical (unpaired) electrons. The average molecular weight is 275 g/mol. The predicted molar refractivity (Wildman–Crippen MR) is 80.0 cm³/mol. The third-order valence-electron chi connectivity index (χ3n) is 5.08. The third-order valence-corrected chi connectivity index (χ3v) is 5.08. The minimum atomic E-state index is -0.496. The maximum atomic E-state index is 10.9. The van der Waals surface area contributed by atoms with E-state index in [1.165, 1.54) is 18.7 Å². The van der Waals surface area contributed by atoms with Crippen LogP contribution in [0.25, 0.3) is 0 Å². The zero-order chi connectivity index (χ0) is 14.2. The first-order valence-electron chi connectivity index (χ1n) is 7.69. The fourth-order valence-electron chi connectivity index (χ4n) is 4.08. The van der Waals surface area contributed by atoms with Gasteiger partial charge in [0.1, 0.15) is 5.75 Å². The summed E-state index contributed by atoms with van der Waals surface area (Å²) in [6.07, 6.45) is 2.69. The molecule has 2 aliphatic rings. The van der Waals surface area contributed by atoms with Gasteiger partial charge in [0, 0.05) is 19.5 Å². The molecule has 110 valence electrons. The van der Waals surface area contributed by atoms with Gasteiger partial charge >= 0.3 is 0 Å². The molecule has 0 spiro atoms. The van der Waals surface area contributed by atoms with Crippen molar-refractivity contribution in [3.63, 3.8) is 0 Å². The molecular formula is C17H25NO2. The number of aliphatic hydroxyl groups is 1. The van der Waals surface area contributed by atoms with Crippen molar-refractivity contribution in [2.75, 3.05) is 26.7 Å². The summed E-state index contributed by atoms with van der Waals surface area (Å²) in [5.41, 5.74) is 0.713. The number of rotatable bonds is 4. The van der Waals surface area contributed by atoms with Crippen molar-refractivity contribution >= 4 is 0 Å². The summed E-state index contributed by atoms with van der Waals surface area (Å²) in [6.45, 7) is 5.71. The van der Waals surface area contributed by atoms with Crippen molar-refractivity contribution in [2.45, 2.75) is 31.8 Å². The Hall–Kier alpha value is -1.06. The summed E-state index contributed by atoms with van der Waals surface area (Å²) in [7, 11) is 1.68. The van der Waals surface area contributed by atoms with Gasteiger partial charge in [0.25, 0.3) is 0 Å². The van der Waals surface area contributed by atoms with Crippen LogP contribution < -0.4 is 4.74 Å². The maximum absolute atomic E-state index is 10.9. The van der Waals surface area contributed by atoms with E-state index >= 15 is 0 Å². The monoisotopic (exact) mass is 275 g/mol. The number of ether oxygens (including phenoxy) is 1. The molecule has 1 heterocycles. The Morgan fingerprint density at radius 1 is 1.20 bits per heavy atom. The first-order chi connectivity index (χ1) is 9.62. The molecular weight excluding hydrogens is 250 g/mol. The topological polar surface area (TPSA) is 32.7 Å². The Morgan fingerprint density at radius 3 is 2.30 bits per heavy atom. The van der Waals surface area contributed by atoms with E-state index < -0.39 is 5.60 Å². The van der Waals surface area contributed by atoms with Gasteiger partial charge in [-0.3, -0.25) is 0 Å². The van der Waals surface area contributed by atoms with Crippen molar-refractivity contribution in [3.8, 4) is 5.75 Å². The molecule has 3 heteroatoms. The molecule has 1 saturated heterocycles. The van der Waals surface area contributed by atoms with Gasteiger partial charge in [-0.15, -0.1) is 0 Å². The van der Waals surface area contributed by atoms with Crippen LogP contribution in [0.2, 0.25) is 0 Å². The molecule has 3 nitrogen and oxygen atoms in total. The van der Waals surface area contributed by atoms with Crippen LogP contribution in [0.4, 0.5) is 0 Å². The average Bonchev–Trinajstić information content (AvgIpc) is 2.93. The van der Waals surface area contributed by atoms with Crippen molar-refractivity contribution in [1.82, 2.24) is 4.90 Å². The van der Waals surface area contributed by atoms with Gasteiger partial charge in [0.15, 0.2) is 0 Å². The Kier molecular flexibility index (Phi) is 3.74. The van der Waals surface area contributed by atoms with E-state index in [1.807, 2.05) is 12.1 Å². The van der Waals surface area contributed by atoms with Crippen molar-refractivity contribution in [2.24, 2.45) is 11.8 Å². The molecule has 1 N–H and O–H groups in total. The van der Waals surface area contributed by atoms with Crippen molar-refractivity contribution in [3.05, 3.63) is 29.8 Å². The van der Waals surface area contributed by atoms with Gasteiger partial charge in [0.05, 0.1) is 12.7 Å². The van der Waals surface area contributed by atoms with E-state index in [1.54, 1.807) is 7.11 Å².